The molecule has 0 unspecified atom stereocenters. The molecule has 108 valence electrons. The van der Waals surface area contributed by atoms with Crippen molar-refractivity contribution in [1.29, 1.82) is 0 Å². The Kier molecular flexibility index (Phi) is 8.87. The summed E-state index contributed by atoms with van der Waals surface area (Å²) in [6.07, 6.45) is 7.43. The average Bonchev–Trinajstić information content (AvgIpc) is 2.39. The van der Waals surface area contributed by atoms with Crippen molar-refractivity contribution < 1.29 is 19.1 Å². The number of carbonyl (C=O) groups excluding carboxylic acids is 1. The van der Waals surface area contributed by atoms with Gasteiger partial charge in [0, 0.05) is 0 Å². The van der Waals surface area contributed by atoms with E-state index in [0.717, 1.165) is 36.1 Å². The van der Waals surface area contributed by atoms with E-state index in [4.69, 9.17) is 9.53 Å². The van der Waals surface area contributed by atoms with Gasteiger partial charge in [-0.25, -0.2) is 9.59 Å². The van der Waals surface area contributed by atoms with Crippen molar-refractivity contribution >= 4 is 21.0 Å². The standard InChI is InChI=1S/C14H24O4Si/c1-5-9-11(7-3)19(12(8-4)10-6-2)18-14(17)13(15)16/h9-10,19H,5-8H2,1-4H3,(H,15,16). The van der Waals surface area contributed by atoms with E-state index in [0.29, 0.717) is 0 Å². The third-order valence-corrected chi connectivity index (χ3v) is 5.91. The minimum Gasteiger partial charge on any atom is -0.505 e. The van der Waals surface area contributed by atoms with Gasteiger partial charge >= 0.3 is 11.9 Å². The molecule has 0 saturated heterocycles. The quantitative estimate of drug-likeness (QED) is 0.577. The molecule has 0 aliphatic heterocycles. The van der Waals surface area contributed by atoms with Crippen LogP contribution < -0.4 is 0 Å². The van der Waals surface area contributed by atoms with Gasteiger partial charge in [0.15, 0.2) is 0 Å². The lowest BCUT2D eigenvalue weighted by atomic mass is 10.3. The molecule has 0 spiro atoms. The van der Waals surface area contributed by atoms with Crippen LogP contribution in [0.1, 0.15) is 53.4 Å². The highest BCUT2D eigenvalue weighted by Crippen LogP contribution is 2.19. The summed E-state index contributed by atoms with van der Waals surface area (Å²) < 4.78 is 5.29. The van der Waals surface area contributed by atoms with Crippen molar-refractivity contribution in [3.8, 4) is 0 Å². The normalized spacial score (nSPS) is 14.1. The van der Waals surface area contributed by atoms with Gasteiger partial charge < -0.3 is 9.53 Å². The van der Waals surface area contributed by atoms with Crippen LogP contribution in [0.2, 0.25) is 0 Å². The largest absolute Gasteiger partial charge is 0.505 e. The van der Waals surface area contributed by atoms with E-state index in [-0.39, 0.29) is 0 Å². The number of hydrogen-bond acceptors (Lipinski definition) is 3. The predicted molar refractivity (Wildman–Crippen MR) is 78.2 cm³/mol. The van der Waals surface area contributed by atoms with Crippen LogP contribution in [-0.2, 0) is 14.0 Å². The van der Waals surface area contributed by atoms with Crippen LogP contribution in [0.25, 0.3) is 0 Å². The number of carbonyl (C=O) groups is 2. The van der Waals surface area contributed by atoms with E-state index in [1.807, 2.05) is 27.7 Å². The Morgan fingerprint density at radius 2 is 1.42 bits per heavy atom. The van der Waals surface area contributed by atoms with Gasteiger partial charge in [-0.05, 0) is 36.1 Å². The Bertz CT molecular complexity index is 350. The number of hydrogen-bond donors (Lipinski definition) is 1. The zero-order chi connectivity index (χ0) is 14.8. The Morgan fingerprint density at radius 3 is 1.68 bits per heavy atom. The highest BCUT2D eigenvalue weighted by atomic mass is 28.3. The lowest BCUT2D eigenvalue weighted by molar-refractivity contribution is -0.158. The first-order chi connectivity index (χ1) is 9.01. The highest BCUT2D eigenvalue weighted by Gasteiger charge is 2.27. The smallest absolute Gasteiger partial charge is 0.413 e. The second kappa shape index (κ2) is 9.55. The minimum atomic E-state index is -2.12. The first kappa shape index (κ1) is 17.6. The molecule has 1 N–H and O–H groups in total. The molecule has 0 aromatic carbocycles. The molecule has 0 atom stereocenters. The fraction of sp³-hybridized carbons (Fsp3) is 0.571. The van der Waals surface area contributed by atoms with E-state index in [9.17, 15) is 9.59 Å². The molecule has 0 aliphatic carbocycles. The van der Waals surface area contributed by atoms with E-state index in [1.165, 1.54) is 0 Å². The Morgan fingerprint density at radius 1 is 1.00 bits per heavy atom. The first-order valence-electron chi connectivity index (χ1n) is 6.83. The monoisotopic (exact) mass is 284 g/mol. The fourth-order valence-electron chi connectivity index (χ4n) is 1.94. The second-order valence-corrected chi connectivity index (χ2v) is 6.65. The topological polar surface area (TPSA) is 63.6 Å². The van der Waals surface area contributed by atoms with Gasteiger partial charge in [0.25, 0.3) is 9.04 Å². The summed E-state index contributed by atoms with van der Waals surface area (Å²) in [5, 5.41) is 10.9. The van der Waals surface area contributed by atoms with Crippen molar-refractivity contribution in [2.45, 2.75) is 53.4 Å². The van der Waals surface area contributed by atoms with Gasteiger partial charge in [-0.3, -0.25) is 0 Å². The van der Waals surface area contributed by atoms with Crippen LogP contribution in [0.15, 0.2) is 22.5 Å². The molecule has 0 aromatic heterocycles. The molecule has 19 heavy (non-hydrogen) atoms. The minimum absolute atomic E-state index is 0.790. The number of allylic oxidation sites excluding steroid dienone is 4. The summed E-state index contributed by atoms with van der Waals surface area (Å²) in [7, 11) is -2.12. The van der Waals surface area contributed by atoms with Crippen molar-refractivity contribution in [3.63, 3.8) is 0 Å². The van der Waals surface area contributed by atoms with Gasteiger partial charge in [-0.1, -0.05) is 39.8 Å². The average molecular weight is 284 g/mol. The van der Waals surface area contributed by atoms with Gasteiger partial charge in [-0.15, -0.1) is 0 Å². The van der Waals surface area contributed by atoms with Crippen molar-refractivity contribution in [1.82, 2.24) is 0 Å². The summed E-state index contributed by atoms with van der Waals surface area (Å²) in [6.45, 7) is 8.06. The maximum Gasteiger partial charge on any atom is 0.413 e. The van der Waals surface area contributed by atoms with Gasteiger partial charge in [0.1, 0.15) is 0 Å². The van der Waals surface area contributed by atoms with E-state index < -0.39 is 21.0 Å². The molecule has 0 rings (SSSR count). The van der Waals surface area contributed by atoms with Crippen molar-refractivity contribution in [3.05, 3.63) is 22.5 Å². The molecule has 0 aliphatic rings. The third-order valence-electron chi connectivity index (χ3n) is 2.82. The molecular weight excluding hydrogens is 260 g/mol. The zero-order valence-corrected chi connectivity index (χ0v) is 13.4. The lowest BCUT2D eigenvalue weighted by Gasteiger charge is -2.20. The van der Waals surface area contributed by atoms with Gasteiger partial charge in [-0.2, -0.15) is 0 Å². The number of carboxylic acid groups (broad SMARTS) is 1. The highest BCUT2D eigenvalue weighted by molar-refractivity contribution is 6.70. The Labute approximate surface area is 116 Å². The summed E-state index contributed by atoms with van der Waals surface area (Å²) in [5.41, 5.74) is 0. The number of aliphatic carboxylic acids is 1. The molecule has 4 nitrogen and oxygen atoms in total. The number of carboxylic acids is 1. The van der Waals surface area contributed by atoms with Gasteiger partial charge in [0.05, 0.1) is 0 Å². The summed E-state index contributed by atoms with van der Waals surface area (Å²) in [4.78, 5) is 22.0. The summed E-state index contributed by atoms with van der Waals surface area (Å²) >= 11 is 0. The van der Waals surface area contributed by atoms with Crippen LogP contribution >= 0.6 is 0 Å². The van der Waals surface area contributed by atoms with Crippen LogP contribution in [0.5, 0.6) is 0 Å². The maximum atomic E-state index is 11.4. The van der Waals surface area contributed by atoms with Crippen LogP contribution in [-0.4, -0.2) is 26.1 Å². The second-order valence-electron chi connectivity index (χ2n) is 4.17. The summed E-state index contributed by atoms with van der Waals surface area (Å²) in [6, 6.07) is 0. The third kappa shape index (κ3) is 5.87. The van der Waals surface area contributed by atoms with E-state index in [2.05, 4.69) is 12.2 Å². The number of rotatable bonds is 7. The molecule has 0 radical (unpaired) electrons. The Hall–Kier alpha value is -1.36. The maximum absolute atomic E-state index is 11.4. The van der Waals surface area contributed by atoms with E-state index >= 15 is 0 Å². The van der Waals surface area contributed by atoms with Crippen LogP contribution in [0.4, 0.5) is 0 Å². The molecule has 0 fully saturated rings. The van der Waals surface area contributed by atoms with Crippen LogP contribution in [0, 0.1) is 0 Å². The lowest BCUT2D eigenvalue weighted by Crippen LogP contribution is -2.31. The molecule has 5 heteroatoms. The molecular formula is C14H24O4Si. The molecule has 0 bridgehead atoms. The molecule has 0 aromatic rings. The van der Waals surface area contributed by atoms with Crippen LogP contribution in [0.3, 0.4) is 0 Å². The molecule has 0 amide bonds. The van der Waals surface area contributed by atoms with Crippen molar-refractivity contribution in [2.24, 2.45) is 0 Å². The van der Waals surface area contributed by atoms with E-state index in [1.54, 1.807) is 0 Å². The SMILES string of the molecule is CCC=C(CC)[SiH](OC(=O)C(=O)O)C(=CCC)CC. The predicted octanol–water partition coefficient (Wildman–Crippen LogP) is 2.91. The molecule has 0 saturated carbocycles. The Balaban J connectivity index is 5.34. The zero-order valence-electron chi connectivity index (χ0n) is 12.2. The first-order valence-corrected chi connectivity index (χ1v) is 8.45. The molecule has 0 heterocycles. The fourth-order valence-corrected chi connectivity index (χ4v) is 4.68. The van der Waals surface area contributed by atoms with Gasteiger partial charge in [0.2, 0.25) is 0 Å². The summed E-state index contributed by atoms with van der Waals surface area (Å²) in [5.74, 6) is -2.65. The van der Waals surface area contributed by atoms with Crippen molar-refractivity contribution in [2.75, 3.05) is 0 Å².